The Morgan fingerprint density at radius 2 is 1.26 bits per heavy atom. The second-order valence-corrected chi connectivity index (χ2v) is 9.48. The van der Waals surface area contributed by atoms with Crippen molar-refractivity contribution in [3.63, 3.8) is 0 Å². The van der Waals surface area contributed by atoms with Crippen molar-refractivity contribution in [1.29, 1.82) is 0 Å². The van der Waals surface area contributed by atoms with Crippen molar-refractivity contribution in [1.82, 2.24) is 0 Å². The Morgan fingerprint density at radius 3 is 1.87 bits per heavy atom. The van der Waals surface area contributed by atoms with Crippen LogP contribution in [-0.2, 0) is 6.42 Å². The minimum atomic E-state index is 0.00761. The van der Waals surface area contributed by atoms with Crippen molar-refractivity contribution < 1.29 is 28.5 Å². The van der Waals surface area contributed by atoms with Gasteiger partial charge >= 0.3 is 0 Å². The second-order valence-electron chi connectivity index (χ2n) is 9.48. The van der Waals surface area contributed by atoms with E-state index in [1.54, 1.807) is 7.11 Å². The largest absolute Gasteiger partial charge is 0.493 e. The quantitative estimate of drug-likeness (QED) is 0.120. The van der Waals surface area contributed by atoms with Crippen LogP contribution in [0.3, 0.4) is 0 Å². The fourth-order valence-electron chi connectivity index (χ4n) is 3.90. The summed E-state index contributed by atoms with van der Waals surface area (Å²) >= 11 is 0. The summed E-state index contributed by atoms with van der Waals surface area (Å²) in [6.07, 6.45) is 8.73. The van der Waals surface area contributed by atoms with Crippen molar-refractivity contribution >= 4 is 5.78 Å². The molecule has 0 saturated heterocycles. The molecule has 2 aromatic rings. The lowest BCUT2D eigenvalue weighted by molar-refractivity contribution is 0.0977. The molecule has 0 aliphatic heterocycles. The van der Waals surface area contributed by atoms with Gasteiger partial charge in [0.05, 0.1) is 39.1 Å². The number of hydrogen-bond acceptors (Lipinski definition) is 6. The maximum Gasteiger partial charge on any atom is 0.171 e. The lowest BCUT2D eigenvalue weighted by atomic mass is 10.0. The third-order valence-electron chi connectivity index (χ3n) is 6.24. The predicted octanol–water partition coefficient (Wildman–Crippen LogP) is 8.23. The molecule has 2 aromatic carbocycles. The first-order valence-electron chi connectivity index (χ1n) is 14.5. The summed E-state index contributed by atoms with van der Waals surface area (Å²) in [5, 5.41) is 0. The highest BCUT2D eigenvalue weighted by Gasteiger charge is 2.20. The van der Waals surface area contributed by atoms with E-state index in [1.165, 1.54) is 0 Å². The molecule has 0 N–H and O–H groups in total. The molecule has 0 heterocycles. The standard InChI is InChI=1S/C32H48O6/c1-6-10-19-35-26-23-25(31(30(24-26)34-5)37-21-12-8-3)17-18-28(33)27-15-14-16-29(36-20-11-7-2)32(27)38-22-13-9-4/h14-16,23-24H,6-13,17-22H2,1-5H3. The number of para-hydroxylation sites is 1. The van der Waals surface area contributed by atoms with Crippen LogP contribution in [0.1, 0.15) is 101 Å². The van der Waals surface area contributed by atoms with Crippen LogP contribution in [0.25, 0.3) is 0 Å². The van der Waals surface area contributed by atoms with E-state index in [0.717, 1.165) is 62.7 Å². The minimum Gasteiger partial charge on any atom is -0.493 e. The molecular formula is C32H48O6. The zero-order valence-corrected chi connectivity index (χ0v) is 24.2. The van der Waals surface area contributed by atoms with Crippen LogP contribution in [0.2, 0.25) is 0 Å². The zero-order valence-electron chi connectivity index (χ0n) is 24.2. The molecular weight excluding hydrogens is 480 g/mol. The molecule has 38 heavy (non-hydrogen) atoms. The van der Waals surface area contributed by atoms with Crippen molar-refractivity contribution in [3.8, 4) is 28.7 Å². The molecule has 0 atom stereocenters. The highest BCUT2D eigenvalue weighted by atomic mass is 16.5. The maximum atomic E-state index is 13.5. The van der Waals surface area contributed by atoms with E-state index in [0.29, 0.717) is 67.8 Å². The average Bonchev–Trinajstić information content (AvgIpc) is 2.93. The SMILES string of the molecule is CCCCOc1cc(CCC(=O)c2cccc(OCCCC)c2OCCCC)c(OCCCC)c(OC)c1. The highest BCUT2D eigenvalue weighted by molar-refractivity contribution is 5.99. The van der Waals surface area contributed by atoms with Gasteiger partial charge in [0.15, 0.2) is 28.8 Å². The lowest BCUT2D eigenvalue weighted by Gasteiger charge is -2.18. The third kappa shape index (κ3) is 10.1. The Balaban J connectivity index is 2.30. The number of rotatable bonds is 21. The van der Waals surface area contributed by atoms with E-state index in [1.807, 2.05) is 30.3 Å². The summed E-state index contributed by atoms with van der Waals surface area (Å²) in [4.78, 5) is 13.5. The van der Waals surface area contributed by atoms with Crippen LogP contribution in [-0.4, -0.2) is 39.3 Å². The van der Waals surface area contributed by atoms with Crippen LogP contribution in [0.4, 0.5) is 0 Å². The number of ether oxygens (including phenoxy) is 5. The molecule has 0 aliphatic carbocycles. The van der Waals surface area contributed by atoms with Gasteiger partial charge in [0.1, 0.15) is 5.75 Å². The molecule has 0 aromatic heterocycles. The predicted molar refractivity (Wildman–Crippen MR) is 154 cm³/mol. The van der Waals surface area contributed by atoms with Gasteiger partial charge in [-0.15, -0.1) is 0 Å². The fraction of sp³-hybridized carbons (Fsp3) is 0.594. The molecule has 2 rings (SSSR count). The summed E-state index contributed by atoms with van der Waals surface area (Å²) < 4.78 is 29.9. The number of unbranched alkanes of at least 4 members (excludes halogenated alkanes) is 4. The molecule has 6 nitrogen and oxygen atoms in total. The fourth-order valence-corrected chi connectivity index (χ4v) is 3.90. The monoisotopic (exact) mass is 528 g/mol. The van der Waals surface area contributed by atoms with Crippen molar-refractivity contribution in [3.05, 3.63) is 41.5 Å². The van der Waals surface area contributed by atoms with E-state index in [-0.39, 0.29) is 5.78 Å². The Morgan fingerprint density at radius 1 is 0.684 bits per heavy atom. The summed E-state index contributed by atoms with van der Waals surface area (Å²) in [6.45, 7) is 10.9. The minimum absolute atomic E-state index is 0.00761. The van der Waals surface area contributed by atoms with Gasteiger partial charge in [0.2, 0.25) is 0 Å². The van der Waals surface area contributed by atoms with Crippen molar-refractivity contribution in [2.24, 2.45) is 0 Å². The molecule has 0 spiro atoms. The Bertz CT molecular complexity index is 955. The van der Waals surface area contributed by atoms with Gasteiger partial charge in [0.25, 0.3) is 0 Å². The first kappa shape index (κ1) is 31.3. The third-order valence-corrected chi connectivity index (χ3v) is 6.24. The molecule has 0 amide bonds. The van der Waals surface area contributed by atoms with Crippen LogP contribution in [0.5, 0.6) is 28.7 Å². The van der Waals surface area contributed by atoms with Gasteiger partial charge in [0, 0.05) is 18.1 Å². The summed E-state index contributed by atoms with van der Waals surface area (Å²) in [5.74, 6) is 3.25. The Hall–Kier alpha value is -2.89. The van der Waals surface area contributed by atoms with Crippen molar-refractivity contribution in [2.45, 2.75) is 91.9 Å². The van der Waals surface area contributed by atoms with Gasteiger partial charge in [-0.25, -0.2) is 0 Å². The zero-order chi connectivity index (χ0) is 27.6. The Labute approximate surface area is 230 Å². The molecule has 0 saturated carbocycles. The molecule has 6 heteroatoms. The summed E-state index contributed by atoms with van der Waals surface area (Å²) in [7, 11) is 1.64. The number of carbonyl (C=O) groups is 1. The topological polar surface area (TPSA) is 63.2 Å². The number of ketones is 1. The van der Waals surface area contributed by atoms with Crippen LogP contribution >= 0.6 is 0 Å². The smallest absolute Gasteiger partial charge is 0.171 e. The molecule has 0 bridgehead atoms. The number of hydrogen-bond donors (Lipinski definition) is 0. The second kappa shape index (κ2) is 18.4. The normalized spacial score (nSPS) is 10.8. The van der Waals surface area contributed by atoms with Gasteiger partial charge in [-0.3, -0.25) is 4.79 Å². The van der Waals surface area contributed by atoms with Crippen LogP contribution < -0.4 is 23.7 Å². The van der Waals surface area contributed by atoms with Crippen molar-refractivity contribution in [2.75, 3.05) is 33.5 Å². The van der Waals surface area contributed by atoms with E-state index in [4.69, 9.17) is 23.7 Å². The van der Waals surface area contributed by atoms with E-state index >= 15 is 0 Å². The molecule has 0 fully saturated rings. The van der Waals surface area contributed by atoms with Gasteiger partial charge in [-0.1, -0.05) is 59.4 Å². The first-order valence-corrected chi connectivity index (χ1v) is 14.5. The Kier molecular flexibility index (Phi) is 15.1. The van der Waals surface area contributed by atoms with Crippen LogP contribution in [0, 0.1) is 0 Å². The van der Waals surface area contributed by atoms with Gasteiger partial charge < -0.3 is 23.7 Å². The van der Waals surface area contributed by atoms with Gasteiger partial charge in [-0.05, 0) is 50.3 Å². The van der Waals surface area contributed by atoms with E-state index < -0.39 is 0 Å². The molecule has 0 aliphatic rings. The van der Waals surface area contributed by atoms with E-state index in [9.17, 15) is 4.79 Å². The first-order chi connectivity index (χ1) is 18.6. The van der Waals surface area contributed by atoms with Crippen LogP contribution in [0.15, 0.2) is 30.3 Å². The number of methoxy groups -OCH3 is 1. The maximum absolute atomic E-state index is 13.5. The molecule has 212 valence electrons. The highest BCUT2D eigenvalue weighted by Crippen LogP contribution is 2.38. The van der Waals surface area contributed by atoms with E-state index in [2.05, 4.69) is 27.7 Å². The average molecular weight is 529 g/mol. The summed E-state index contributed by atoms with van der Waals surface area (Å²) in [6, 6.07) is 9.44. The van der Waals surface area contributed by atoms with Gasteiger partial charge in [-0.2, -0.15) is 0 Å². The summed E-state index contributed by atoms with van der Waals surface area (Å²) in [5.41, 5.74) is 1.47. The number of benzene rings is 2. The molecule has 0 radical (unpaired) electrons. The number of carbonyl (C=O) groups excluding carboxylic acids is 1. The molecule has 0 unspecified atom stereocenters. The lowest BCUT2D eigenvalue weighted by Crippen LogP contribution is -2.10. The number of aryl methyl sites for hydroxylation is 1. The number of Topliss-reactive ketones (excluding diaryl/α,β-unsaturated/α-hetero) is 1.